The number of carbonyl (C=O) groups is 1. The molecule has 21 heavy (non-hydrogen) atoms. The second-order valence-corrected chi connectivity index (χ2v) is 5.86. The molecule has 0 aliphatic rings. The van der Waals surface area contributed by atoms with Crippen LogP contribution >= 0.6 is 11.8 Å². The summed E-state index contributed by atoms with van der Waals surface area (Å²) >= 11 is 1.53. The van der Waals surface area contributed by atoms with Gasteiger partial charge in [0.25, 0.3) is 0 Å². The SMILES string of the molecule is CCSc1cccc(Nc2cn(C)nc2CC)c1C(=O)O. The number of carboxylic acids is 1. The van der Waals surface area contributed by atoms with Gasteiger partial charge in [-0.15, -0.1) is 11.8 Å². The zero-order chi connectivity index (χ0) is 15.4. The quantitative estimate of drug-likeness (QED) is 0.799. The van der Waals surface area contributed by atoms with Crippen LogP contribution in [0.1, 0.15) is 29.9 Å². The maximum absolute atomic E-state index is 11.6. The summed E-state index contributed by atoms with van der Waals surface area (Å²) in [6.45, 7) is 4.03. The molecule has 0 bridgehead atoms. The highest BCUT2D eigenvalue weighted by Gasteiger charge is 2.17. The van der Waals surface area contributed by atoms with E-state index in [2.05, 4.69) is 10.4 Å². The van der Waals surface area contributed by atoms with Crippen molar-refractivity contribution < 1.29 is 9.90 Å². The monoisotopic (exact) mass is 305 g/mol. The van der Waals surface area contributed by atoms with E-state index in [-0.39, 0.29) is 0 Å². The van der Waals surface area contributed by atoms with Crippen molar-refractivity contribution in [2.75, 3.05) is 11.1 Å². The van der Waals surface area contributed by atoms with Gasteiger partial charge in [0, 0.05) is 18.1 Å². The van der Waals surface area contributed by atoms with Gasteiger partial charge >= 0.3 is 5.97 Å². The number of hydrogen-bond acceptors (Lipinski definition) is 4. The smallest absolute Gasteiger partial charge is 0.338 e. The Morgan fingerprint density at radius 1 is 1.38 bits per heavy atom. The summed E-state index contributed by atoms with van der Waals surface area (Å²) in [6.07, 6.45) is 2.65. The molecule has 0 saturated heterocycles. The first kappa shape index (κ1) is 15.4. The normalized spacial score (nSPS) is 10.6. The lowest BCUT2D eigenvalue weighted by molar-refractivity contribution is 0.0694. The zero-order valence-corrected chi connectivity index (χ0v) is 13.2. The molecule has 2 N–H and O–H groups in total. The molecule has 0 fully saturated rings. The molecule has 112 valence electrons. The summed E-state index contributed by atoms with van der Waals surface area (Å²) in [5, 5.41) is 17.1. The molecule has 0 radical (unpaired) electrons. The third kappa shape index (κ3) is 3.39. The molecule has 0 aliphatic heterocycles. The Morgan fingerprint density at radius 3 is 2.76 bits per heavy atom. The van der Waals surface area contributed by atoms with E-state index in [4.69, 9.17) is 0 Å². The molecule has 0 unspecified atom stereocenters. The minimum Gasteiger partial charge on any atom is -0.478 e. The number of thioether (sulfide) groups is 1. The van der Waals surface area contributed by atoms with Crippen molar-refractivity contribution in [1.82, 2.24) is 9.78 Å². The second kappa shape index (κ2) is 6.67. The third-order valence-corrected chi connectivity index (χ3v) is 3.99. The number of nitrogens with one attached hydrogen (secondary N) is 1. The molecule has 2 aromatic rings. The molecule has 2 rings (SSSR count). The largest absolute Gasteiger partial charge is 0.478 e. The van der Waals surface area contributed by atoms with Gasteiger partial charge in [0.05, 0.1) is 22.6 Å². The Kier molecular flexibility index (Phi) is 4.90. The number of rotatable bonds is 6. The highest BCUT2D eigenvalue weighted by atomic mass is 32.2. The summed E-state index contributed by atoms with van der Waals surface area (Å²) in [5.41, 5.74) is 2.68. The maximum atomic E-state index is 11.6. The van der Waals surface area contributed by atoms with Crippen molar-refractivity contribution >= 4 is 29.1 Å². The summed E-state index contributed by atoms with van der Waals surface area (Å²) in [4.78, 5) is 12.4. The zero-order valence-electron chi connectivity index (χ0n) is 12.4. The molecule has 6 heteroatoms. The predicted octanol–water partition coefficient (Wildman–Crippen LogP) is 3.54. The lowest BCUT2D eigenvalue weighted by Crippen LogP contribution is -2.05. The fourth-order valence-electron chi connectivity index (χ4n) is 2.18. The van der Waals surface area contributed by atoms with E-state index in [1.54, 1.807) is 10.7 Å². The summed E-state index contributed by atoms with van der Waals surface area (Å²) < 4.78 is 1.73. The third-order valence-electron chi connectivity index (χ3n) is 3.05. The minimum absolute atomic E-state index is 0.315. The van der Waals surface area contributed by atoms with Crippen molar-refractivity contribution in [3.8, 4) is 0 Å². The fourth-order valence-corrected chi connectivity index (χ4v) is 3.00. The Bertz CT molecular complexity index is 652. The number of aromatic nitrogens is 2. The van der Waals surface area contributed by atoms with Crippen LogP contribution in [0.5, 0.6) is 0 Å². The summed E-state index contributed by atoms with van der Waals surface area (Å²) in [7, 11) is 1.85. The van der Waals surface area contributed by atoms with E-state index in [9.17, 15) is 9.90 Å². The summed E-state index contributed by atoms with van der Waals surface area (Å²) in [6, 6.07) is 5.50. The molecule has 1 aromatic carbocycles. The van der Waals surface area contributed by atoms with Crippen molar-refractivity contribution in [3.05, 3.63) is 35.7 Å². The first-order valence-corrected chi connectivity index (χ1v) is 7.84. The number of benzene rings is 1. The van der Waals surface area contributed by atoms with E-state index in [0.717, 1.165) is 28.5 Å². The lowest BCUT2D eigenvalue weighted by Gasteiger charge is -2.12. The van der Waals surface area contributed by atoms with Crippen LogP contribution in [-0.2, 0) is 13.5 Å². The molecule has 0 aliphatic carbocycles. The van der Waals surface area contributed by atoms with Crippen LogP contribution in [0.2, 0.25) is 0 Å². The second-order valence-electron chi connectivity index (χ2n) is 4.56. The van der Waals surface area contributed by atoms with E-state index in [1.807, 2.05) is 39.2 Å². The number of aromatic carboxylic acids is 1. The van der Waals surface area contributed by atoms with E-state index in [1.165, 1.54) is 11.8 Å². The molecule has 0 atom stereocenters. The Hall–Kier alpha value is -1.95. The van der Waals surface area contributed by atoms with Gasteiger partial charge in [0.1, 0.15) is 0 Å². The number of nitrogens with zero attached hydrogens (tertiary/aromatic N) is 2. The van der Waals surface area contributed by atoms with E-state index < -0.39 is 5.97 Å². The van der Waals surface area contributed by atoms with E-state index >= 15 is 0 Å². The van der Waals surface area contributed by atoms with Gasteiger partial charge in [-0.2, -0.15) is 5.10 Å². The number of anilines is 2. The first-order valence-electron chi connectivity index (χ1n) is 6.85. The fraction of sp³-hybridized carbons (Fsp3) is 0.333. The van der Waals surface area contributed by atoms with Crippen molar-refractivity contribution in [3.63, 3.8) is 0 Å². The van der Waals surface area contributed by atoms with Gasteiger partial charge in [0.15, 0.2) is 0 Å². The molecular weight excluding hydrogens is 286 g/mol. The average Bonchev–Trinajstić information content (AvgIpc) is 2.79. The average molecular weight is 305 g/mol. The Morgan fingerprint density at radius 2 is 2.14 bits per heavy atom. The van der Waals surface area contributed by atoms with Gasteiger partial charge in [0.2, 0.25) is 0 Å². The maximum Gasteiger partial charge on any atom is 0.338 e. The topological polar surface area (TPSA) is 67.2 Å². The van der Waals surface area contributed by atoms with Gasteiger partial charge in [-0.3, -0.25) is 4.68 Å². The van der Waals surface area contributed by atoms with Gasteiger partial charge in [-0.25, -0.2) is 4.79 Å². The summed E-state index contributed by atoms with van der Waals surface area (Å²) in [5.74, 6) is -0.0902. The standard InChI is InChI=1S/C15H19N3O2S/c1-4-10-12(9-18(3)17-10)16-11-7-6-8-13(21-5-2)14(11)15(19)20/h6-9,16H,4-5H2,1-3H3,(H,19,20). The van der Waals surface area contributed by atoms with Crippen molar-refractivity contribution in [2.24, 2.45) is 7.05 Å². The van der Waals surface area contributed by atoms with Gasteiger partial charge in [-0.1, -0.05) is 19.9 Å². The molecular formula is C15H19N3O2S. The lowest BCUT2D eigenvalue weighted by atomic mass is 10.1. The Balaban J connectivity index is 2.43. The molecule has 0 saturated carbocycles. The van der Waals surface area contributed by atoms with Crippen molar-refractivity contribution in [2.45, 2.75) is 25.2 Å². The highest BCUT2D eigenvalue weighted by Crippen LogP contribution is 2.31. The number of carboxylic acid groups (broad SMARTS) is 1. The van der Waals surface area contributed by atoms with Crippen molar-refractivity contribution in [1.29, 1.82) is 0 Å². The minimum atomic E-state index is -0.920. The van der Waals surface area contributed by atoms with Crippen LogP contribution in [0.15, 0.2) is 29.3 Å². The van der Waals surface area contributed by atoms with Crippen LogP contribution in [0.4, 0.5) is 11.4 Å². The molecule has 0 spiro atoms. The molecule has 1 aromatic heterocycles. The van der Waals surface area contributed by atoms with E-state index in [0.29, 0.717) is 11.3 Å². The Labute approximate surface area is 128 Å². The van der Waals surface area contributed by atoms with Gasteiger partial charge in [-0.05, 0) is 24.3 Å². The molecule has 1 heterocycles. The van der Waals surface area contributed by atoms with Crippen LogP contribution in [0.25, 0.3) is 0 Å². The van der Waals surface area contributed by atoms with Crippen LogP contribution in [0, 0.1) is 0 Å². The molecule has 5 nitrogen and oxygen atoms in total. The predicted molar refractivity (Wildman–Crippen MR) is 85.7 cm³/mol. The highest BCUT2D eigenvalue weighted by molar-refractivity contribution is 7.99. The van der Waals surface area contributed by atoms with Crippen LogP contribution in [-0.4, -0.2) is 26.6 Å². The van der Waals surface area contributed by atoms with Crippen LogP contribution < -0.4 is 5.32 Å². The molecule has 0 amide bonds. The number of hydrogen-bond donors (Lipinski definition) is 2. The number of aryl methyl sites for hydroxylation is 2. The first-order chi connectivity index (χ1) is 10.1. The van der Waals surface area contributed by atoms with Crippen LogP contribution in [0.3, 0.4) is 0 Å². The van der Waals surface area contributed by atoms with Gasteiger partial charge < -0.3 is 10.4 Å².